The maximum absolute atomic E-state index is 12.2. The first-order chi connectivity index (χ1) is 18.1. The molecule has 1 aromatic carbocycles. The molecule has 1 aliphatic carbocycles. The van der Waals surface area contributed by atoms with Gasteiger partial charge in [-0.2, -0.15) is 0 Å². The SMILES string of the molecule is COC(=O)C1=CO[C@@H](O[C@@H]2O[C@H](COC(=O)C=Cc3ccc(O)cc3)[C@@H](O)[C@H](O)[C@H]2O)[C@@H]2[C@@H](C)[C@@H](O)C[C@H]12. The van der Waals surface area contributed by atoms with E-state index in [1.807, 2.05) is 0 Å². The van der Waals surface area contributed by atoms with Crippen molar-refractivity contribution < 1.29 is 58.8 Å². The van der Waals surface area contributed by atoms with Crippen LogP contribution in [0.2, 0.25) is 0 Å². The Morgan fingerprint density at radius 2 is 1.76 bits per heavy atom. The molecule has 2 heterocycles. The highest BCUT2D eigenvalue weighted by Gasteiger charge is 2.53. The van der Waals surface area contributed by atoms with E-state index in [-0.39, 0.29) is 23.7 Å². The molecule has 10 atom stereocenters. The van der Waals surface area contributed by atoms with E-state index < -0.39 is 73.5 Å². The first-order valence-corrected chi connectivity index (χ1v) is 12.2. The number of carbonyl (C=O) groups is 2. The second-order valence-corrected chi connectivity index (χ2v) is 9.62. The lowest BCUT2D eigenvalue weighted by molar-refractivity contribution is -0.342. The molecular weight excluding hydrogens is 504 g/mol. The molecule has 4 rings (SSSR count). The third kappa shape index (κ3) is 5.85. The van der Waals surface area contributed by atoms with Gasteiger partial charge >= 0.3 is 11.9 Å². The summed E-state index contributed by atoms with van der Waals surface area (Å²) in [6.07, 6.45) is -5.36. The van der Waals surface area contributed by atoms with E-state index in [1.165, 1.54) is 31.6 Å². The summed E-state index contributed by atoms with van der Waals surface area (Å²) in [5, 5.41) is 51.0. The van der Waals surface area contributed by atoms with Gasteiger partial charge in [-0.25, -0.2) is 9.59 Å². The van der Waals surface area contributed by atoms with Crippen LogP contribution in [-0.4, -0.2) is 94.3 Å². The second-order valence-electron chi connectivity index (χ2n) is 9.62. The summed E-state index contributed by atoms with van der Waals surface area (Å²) in [6.45, 7) is 1.32. The zero-order chi connectivity index (χ0) is 27.6. The Kier molecular flexibility index (Phi) is 8.71. The van der Waals surface area contributed by atoms with E-state index in [1.54, 1.807) is 19.1 Å². The predicted octanol–water partition coefficient (Wildman–Crippen LogP) is -0.181. The van der Waals surface area contributed by atoms with Crippen LogP contribution in [0.3, 0.4) is 0 Å². The molecule has 1 saturated carbocycles. The average molecular weight is 537 g/mol. The van der Waals surface area contributed by atoms with Crippen LogP contribution in [0.15, 0.2) is 42.2 Å². The summed E-state index contributed by atoms with van der Waals surface area (Å²) < 4.78 is 27.1. The Hall–Kier alpha value is -3.00. The number of hydrogen-bond donors (Lipinski definition) is 5. The normalized spacial score (nSPS) is 36.7. The van der Waals surface area contributed by atoms with Crippen molar-refractivity contribution in [2.75, 3.05) is 13.7 Å². The van der Waals surface area contributed by atoms with Gasteiger partial charge in [0.25, 0.3) is 0 Å². The number of phenols is 1. The Bertz CT molecular complexity index is 1050. The molecule has 5 N–H and O–H groups in total. The molecule has 12 nitrogen and oxygen atoms in total. The molecule has 0 unspecified atom stereocenters. The topological polar surface area (TPSA) is 181 Å². The van der Waals surface area contributed by atoms with Crippen LogP contribution in [0.4, 0.5) is 0 Å². The molecule has 0 amide bonds. The highest BCUT2D eigenvalue weighted by molar-refractivity contribution is 5.89. The standard InChI is InChI=1S/C26H32O12/c1-12-17(28)9-15-16(24(33)34-2)10-36-25(20(12)15)38-26-23(32)22(31)21(30)18(37-26)11-35-19(29)8-5-13-3-6-14(27)7-4-13/h3-8,10,12,15,17-18,20-23,25-28,30-32H,9,11H2,1-2H3/t12-,15+,17-,18+,20+,21+,22-,23+,25-,26-/m0/s1. The molecular formula is C26H32O12. The number of phenolic OH excluding ortho intramolecular Hbond substituents is 1. The van der Waals surface area contributed by atoms with Gasteiger partial charge in [0.05, 0.1) is 25.0 Å². The average Bonchev–Trinajstić information content (AvgIpc) is 3.21. The van der Waals surface area contributed by atoms with Gasteiger partial charge in [0, 0.05) is 17.9 Å². The van der Waals surface area contributed by atoms with E-state index in [0.29, 0.717) is 5.56 Å². The molecule has 0 bridgehead atoms. The number of aliphatic hydroxyl groups excluding tert-OH is 4. The van der Waals surface area contributed by atoms with Crippen molar-refractivity contribution in [1.82, 2.24) is 0 Å². The Labute approximate surface area is 218 Å². The number of carbonyl (C=O) groups excluding carboxylic acids is 2. The molecule has 0 radical (unpaired) electrons. The highest BCUT2D eigenvalue weighted by atomic mass is 16.8. The van der Waals surface area contributed by atoms with Crippen LogP contribution in [0, 0.1) is 17.8 Å². The van der Waals surface area contributed by atoms with Gasteiger partial charge in [-0.3, -0.25) is 0 Å². The molecule has 1 saturated heterocycles. The molecule has 12 heteroatoms. The van der Waals surface area contributed by atoms with Gasteiger partial charge in [-0.1, -0.05) is 19.1 Å². The predicted molar refractivity (Wildman–Crippen MR) is 128 cm³/mol. The lowest BCUT2D eigenvalue weighted by atomic mass is 9.83. The zero-order valence-corrected chi connectivity index (χ0v) is 20.8. The summed E-state index contributed by atoms with van der Waals surface area (Å²) in [5.74, 6) is -2.52. The number of methoxy groups -OCH3 is 1. The molecule has 3 aliphatic rings. The van der Waals surface area contributed by atoms with Crippen LogP contribution in [-0.2, 0) is 33.3 Å². The van der Waals surface area contributed by atoms with Crippen molar-refractivity contribution in [3.8, 4) is 5.75 Å². The summed E-state index contributed by atoms with van der Waals surface area (Å²) >= 11 is 0. The largest absolute Gasteiger partial charge is 0.508 e. The zero-order valence-electron chi connectivity index (χ0n) is 20.8. The van der Waals surface area contributed by atoms with Gasteiger partial charge in [0.15, 0.2) is 6.29 Å². The number of benzene rings is 1. The molecule has 208 valence electrons. The maximum atomic E-state index is 12.2. The number of rotatable bonds is 7. The van der Waals surface area contributed by atoms with Crippen LogP contribution < -0.4 is 0 Å². The molecule has 1 aromatic rings. The van der Waals surface area contributed by atoms with Crippen molar-refractivity contribution in [2.45, 2.75) is 56.4 Å². The fourth-order valence-electron chi connectivity index (χ4n) is 5.05. The van der Waals surface area contributed by atoms with Gasteiger partial charge in [-0.15, -0.1) is 0 Å². The summed E-state index contributed by atoms with van der Waals surface area (Å²) in [6, 6.07) is 6.11. The first-order valence-electron chi connectivity index (χ1n) is 12.2. The number of aliphatic hydroxyl groups is 4. The van der Waals surface area contributed by atoms with E-state index in [2.05, 4.69) is 0 Å². The van der Waals surface area contributed by atoms with E-state index in [4.69, 9.17) is 23.7 Å². The minimum atomic E-state index is -1.68. The molecule has 2 aliphatic heterocycles. The lowest BCUT2D eigenvalue weighted by Gasteiger charge is -2.43. The minimum Gasteiger partial charge on any atom is -0.508 e. The van der Waals surface area contributed by atoms with Gasteiger partial charge in [-0.05, 0) is 36.1 Å². The lowest BCUT2D eigenvalue weighted by Crippen LogP contribution is -2.60. The molecule has 0 spiro atoms. The second kappa shape index (κ2) is 11.8. The number of aromatic hydroxyl groups is 1. The van der Waals surface area contributed by atoms with Gasteiger partial charge in [0.1, 0.15) is 36.8 Å². The van der Waals surface area contributed by atoms with Crippen LogP contribution in [0.25, 0.3) is 6.08 Å². The van der Waals surface area contributed by atoms with Crippen molar-refractivity contribution in [2.24, 2.45) is 17.8 Å². The molecule has 0 aromatic heterocycles. The first kappa shape index (κ1) is 28.0. The monoisotopic (exact) mass is 536 g/mol. The number of fused-ring (bicyclic) bond motifs is 1. The Morgan fingerprint density at radius 1 is 1.05 bits per heavy atom. The van der Waals surface area contributed by atoms with E-state index >= 15 is 0 Å². The van der Waals surface area contributed by atoms with Gasteiger partial charge < -0.3 is 49.2 Å². The van der Waals surface area contributed by atoms with Crippen molar-refractivity contribution in [3.63, 3.8) is 0 Å². The smallest absolute Gasteiger partial charge is 0.337 e. The van der Waals surface area contributed by atoms with Crippen LogP contribution in [0.1, 0.15) is 18.9 Å². The third-order valence-electron chi connectivity index (χ3n) is 7.27. The molecule has 2 fully saturated rings. The van der Waals surface area contributed by atoms with Crippen LogP contribution >= 0.6 is 0 Å². The summed E-state index contributed by atoms with van der Waals surface area (Å²) in [7, 11) is 1.24. The highest BCUT2D eigenvalue weighted by Crippen LogP contribution is 2.47. The van der Waals surface area contributed by atoms with Crippen molar-refractivity contribution >= 4 is 18.0 Å². The minimum absolute atomic E-state index is 0.0818. The maximum Gasteiger partial charge on any atom is 0.337 e. The number of ether oxygens (including phenoxy) is 5. The summed E-state index contributed by atoms with van der Waals surface area (Å²) in [5.41, 5.74) is 0.897. The summed E-state index contributed by atoms with van der Waals surface area (Å²) in [4.78, 5) is 24.3. The molecule has 38 heavy (non-hydrogen) atoms. The van der Waals surface area contributed by atoms with Crippen molar-refractivity contribution in [1.29, 1.82) is 0 Å². The fraction of sp³-hybridized carbons (Fsp3) is 0.538. The fourth-order valence-corrected chi connectivity index (χ4v) is 5.05. The van der Waals surface area contributed by atoms with Crippen LogP contribution in [0.5, 0.6) is 5.75 Å². The quantitative estimate of drug-likeness (QED) is 0.229. The Morgan fingerprint density at radius 3 is 2.45 bits per heavy atom. The number of esters is 2. The Balaban J connectivity index is 1.41. The van der Waals surface area contributed by atoms with Gasteiger partial charge in [0.2, 0.25) is 6.29 Å². The van der Waals surface area contributed by atoms with E-state index in [9.17, 15) is 35.1 Å². The number of hydrogen-bond acceptors (Lipinski definition) is 12. The third-order valence-corrected chi connectivity index (χ3v) is 7.27. The van der Waals surface area contributed by atoms with E-state index in [0.717, 1.165) is 6.08 Å². The van der Waals surface area contributed by atoms with Crippen molar-refractivity contribution in [3.05, 3.63) is 47.7 Å².